The minimum Gasteiger partial charge on any atom is -0.342 e. The second-order valence-corrected chi connectivity index (χ2v) is 9.43. The second kappa shape index (κ2) is 7.45. The summed E-state index contributed by atoms with van der Waals surface area (Å²) in [4.78, 5) is 20.9. The highest BCUT2D eigenvalue weighted by atomic mass is 32.2. The van der Waals surface area contributed by atoms with E-state index in [9.17, 15) is 13.2 Å². The van der Waals surface area contributed by atoms with Crippen LogP contribution in [0.15, 0.2) is 12.4 Å². The minimum atomic E-state index is -2.92. The summed E-state index contributed by atoms with van der Waals surface area (Å²) in [6.07, 6.45) is 6.36. The number of sulfone groups is 1. The third kappa shape index (κ3) is 4.23. The number of imidazole rings is 1. The fourth-order valence-corrected chi connectivity index (χ4v) is 5.71. The molecule has 3 rings (SSSR count). The van der Waals surface area contributed by atoms with Crippen molar-refractivity contribution in [3.05, 3.63) is 18.2 Å². The molecule has 1 atom stereocenters. The van der Waals surface area contributed by atoms with Crippen LogP contribution in [-0.2, 0) is 21.2 Å². The number of hydrogen-bond donors (Lipinski definition) is 0. The molecule has 1 amide bonds. The third-order valence-corrected chi connectivity index (χ3v) is 7.27. The van der Waals surface area contributed by atoms with Gasteiger partial charge in [-0.2, -0.15) is 0 Å². The number of piperidine rings is 1. The molecule has 0 unspecified atom stereocenters. The van der Waals surface area contributed by atoms with Gasteiger partial charge in [-0.25, -0.2) is 13.4 Å². The van der Waals surface area contributed by atoms with Gasteiger partial charge in [0.05, 0.1) is 18.1 Å². The van der Waals surface area contributed by atoms with Gasteiger partial charge < -0.3 is 9.47 Å². The highest BCUT2D eigenvalue weighted by Gasteiger charge is 2.33. The SMILES string of the molecule is CCn1ccnc1C1CCN(C(=O)CN(C)[C@@H]2CCS(=O)(=O)C2)CC1. The smallest absolute Gasteiger partial charge is 0.236 e. The monoisotopic (exact) mass is 368 g/mol. The Balaban J connectivity index is 1.50. The Kier molecular flexibility index (Phi) is 5.48. The quantitative estimate of drug-likeness (QED) is 0.766. The summed E-state index contributed by atoms with van der Waals surface area (Å²) in [5, 5.41) is 0. The first kappa shape index (κ1) is 18.4. The van der Waals surface area contributed by atoms with E-state index in [0.29, 0.717) is 18.9 Å². The Hall–Kier alpha value is -1.41. The van der Waals surface area contributed by atoms with Gasteiger partial charge in [0.15, 0.2) is 9.84 Å². The highest BCUT2D eigenvalue weighted by Crippen LogP contribution is 2.27. The van der Waals surface area contributed by atoms with Gasteiger partial charge in [0.25, 0.3) is 0 Å². The highest BCUT2D eigenvalue weighted by molar-refractivity contribution is 7.91. The van der Waals surface area contributed by atoms with Gasteiger partial charge in [0, 0.05) is 44.0 Å². The van der Waals surface area contributed by atoms with Crippen LogP contribution < -0.4 is 0 Å². The van der Waals surface area contributed by atoms with Crippen LogP contribution in [0.3, 0.4) is 0 Å². The first-order valence-electron chi connectivity index (χ1n) is 9.09. The molecule has 2 saturated heterocycles. The summed E-state index contributed by atoms with van der Waals surface area (Å²) < 4.78 is 25.4. The van der Waals surface area contributed by atoms with Crippen molar-refractivity contribution < 1.29 is 13.2 Å². The average Bonchev–Trinajstić information content (AvgIpc) is 3.20. The summed E-state index contributed by atoms with van der Waals surface area (Å²) in [7, 11) is -1.06. The molecule has 0 spiro atoms. The first-order chi connectivity index (χ1) is 11.9. The van der Waals surface area contributed by atoms with E-state index in [0.717, 1.165) is 38.3 Å². The zero-order valence-corrected chi connectivity index (χ0v) is 15.9. The van der Waals surface area contributed by atoms with Crippen molar-refractivity contribution >= 4 is 15.7 Å². The molecular weight excluding hydrogens is 340 g/mol. The Morgan fingerprint density at radius 3 is 2.64 bits per heavy atom. The van der Waals surface area contributed by atoms with E-state index in [2.05, 4.69) is 16.5 Å². The molecule has 2 aliphatic heterocycles. The van der Waals surface area contributed by atoms with Gasteiger partial charge in [-0.15, -0.1) is 0 Å². The third-order valence-electron chi connectivity index (χ3n) is 5.52. The van der Waals surface area contributed by atoms with Crippen molar-refractivity contribution in [3.8, 4) is 0 Å². The molecule has 25 heavy (non-hydrogen) atoms. The lowest BCUT2D eigenvalue weighted by Crippen LogP contribution is -2.45. The van der Waals surface area contributed by atoms with Gasteiger partial charge >= 0.3 is 0 Å². The normalized spacial score (nSPS) is 24.1. The Morgan fingerprint density at radius 1 is 1.32 bits per heavy atom. The molecule has 0 aliphatic carbocycles. The van der Waals surface area contributed by atoms with Crippen LogP contribution in [0.25, 0.3) is 0 Å². The van der Waals surface area contributed by atoms with Gasteiger partial charge in [-0.3, -0.25) is 9.69 Å². The maximum absolute atomic E-state index is 12.6. The van der Waals surface area contributed by atoms with E-state index in [4.69, 9.17) is 0 Å². The molecule has 0 N–H and O–H groups in total. The second-order valence-electron chi connectivity index (χ2n) is 7.20. The van der Waals surface area contributed by atoms with Crippen LogP contribution in [0.1, 0.15) is 37.9 Å². The zero-order chi connectivity index (χ0) is 18.0. The standard InChI is InChI=1S/C17H28N4O3S/c1-3-20-10-7-18-17(20)14-4-8-21(9-5-14)16(22)12-19(2)15-6-11-25(23,24)13-15/h7,10,14-15H,3-6,8-9,11-13H2,1-2H3/t15-/m1/s1. The summed E-state index contributed by atoms with van der Waals surface area (Å²) in [5.74, 6) is 2.06. The number of amides is 1. The number of rotatable bonds is 5. The van der Waals surface area contributed by atoms with Crippen LogP contribution in [0, 0.1) is 0 Å². The van der Waals surface area contributed by atoms with Gasteiger partial charge in [-0.05, 0) is 33.2 Å². The summed E-state index contributed by atoms with van der Waals surface area (Å²) in [5.41, 5.74) is 0. The average molecular weight is 369 g/mol. The van der Waals surface area contributed by atoms with E-state index < -0.39 is 9.84 Å². The van der Waals surface area contributed by atoms with Crippen molar-refractivity contribution in [1.82, 2.24) is 19.4 Å². The maximum atomic E-state index is 12.6. The predicted octanol–water partition coefficient (Wildman–Crippen LogP) is 0.728. The Bertz CT molecular complexity index is 707. The number of nitrogens with zero attached hydrogens (tertiary/aromatic N) is 4. The molecule has 0 radical (unpaired) electrons. The number of hydrogen-bond acceptors (Lipinski definition) is 5. The van der Waals surface area contributed by atoms with E-state index >= 15 is 0 Å². The van der Waals surface area contributed by atoms with E-state index in [1.54, 1.807) is 0 Å². The molecule has 3 heterocycles. The lowest BCUT2D eigenvalue weighted by molar-refractivity contribution is -0.133. The largest absolute Gasteiger partial charge is 0.342 e. The maximum Gasteiger partial charge on any atom is 0.236 e. The summed E-state index contributed by atoms with van der Waals surface area (Å²) in [6, 6.07) is -0.0245. The molecule has 2 aliphatic rings. The fourth-order valence-electron chi connectivity index (χ4n) is 3.90. The number of likely N-dealkylation sites (N-methyl/N-ethyl adjacent to an activating group) is 1. The Morgan fingerprint density at radius 2 is 2.04 bits per heavy atom. The van der Waals surface area contributed by atoms with Crippen molar-refractivity contribution in [2.45, 2.75) is 44.7 Å². The molecular formula is C17H28N4O3S. The van der Waals surface area contributed by atoms with Crippen LogP contribution in [0.4, 0.5) is 0 Å². The number of aromatic nitrogens is 2. The van der Waals surface area contributed by atoms with E-state index in [1.165, 1.54) is 0 Å². The predicted molar refractivity (Wildman–Crippen MR) is 96.1 cm³/mol. The fraction of sp³-hybridized carbons (Fsp3) is 0.765. The molecule has 0 bridgehead atoms. The van der Waals surface area contributed by atoms with Crippen LogP contribution >= 0.6 is 0 Å². The van der Waals surface area contributed by atoms with Crippen LogP contribution in [0.5, 0.6) is 0 Å². The molecule has 8 heteroatoms. The van der Waals surface area contributed by atoms with E-state index in [-0.39, 0.29) is 23.5 Å². The minimum absolute atomic E-state index is 0.0245. The summed E-state index contributed by atoms with van der Waals surface area (Å²) >= 11 is 0. The van der Waals surface area contributed by atoms with Gasteiger partial charge in [-0.1, -0.05) is 0 Å². The molecule has 1 aromatic heterocycles. The Labute approximate surface area is 149 Å². The molecule has 1 aromatic rings. The number of carbonyl (C=O) groups excluding carboxylic acids is 1. The topological polar surface area (TPSA) is 75.5 Å². The molecule has 140 valence electrons. The zero-order valence-electron chi connectivity index (χ0n) is 15.1. The lowest BCUT2D eigenvalue weighted by Gasteiger charge is -2.33. The van der Waals surface area contributed by atoms with E-state index in [1.807, 2.05) is 29.2 Å². The van der Waals surface area contributed by atoms with Crippen LogP contribution in [-0.4, -0.2) is 77.9 Å². The number of likely N-dealkylation sites (tertiary alicyclic amines) is 1. The van der Waals surface area contributed by atoms with Crippen molar-refractivity contribution in [2.75, 3.05) is 38.2 Å². The van der Waals surface area contributed by atoms with Gasteiger partial charge in [0.2, 0.25) is 5.91 Å². The number of aryl methyl sites for hydroxylation is 1. The van der Waals surface area contributed by atoms with Crippen molar-refractivity contribution in [2.24, 2.45) is 0 Å². The van der Waals surface area contributed by atoms with Gasteiger partial charge in [0.1, 0.15) is 5.82 Å². The molecule has 7 nitrogen and oxygen atoms in total. The van der Waals surface area contributed by atoms with Crippen LogP contribution in [0.2, 0.25) is 0 Å². The van der Waals surface area contributed by atoms with Crippen molar-refractivity contribution in [1.29, 1.82) is 0 Å². The lowest BCUT2D eigenvalue weighted by atomic mass is 9.95. The first-order valence-corrected chi connectivity index (χ1v) is 10.9. The van der Waals surface area contributed by atoms with Crippen molar-refractivity contribution in [3.63, 3.8) is 0 Å². The molecule has 2 fully saturated rings. The molecule has 0 aromatic carbocycles. The summed E-state index contributed by atoms with van der Waals surface area (Å²) in [6.45, 7) is 4.83. The molecule has 0 saturated carbocycles. The number of carbonyl (C=O) groups is 1.